The maximum Gasteiger partial charge on any atom is 0.236 e. The normalized spacial score (nSPS) is 20.0. The number of piperidine rings is 1. The Morgan fingerprint density at radius 1 is 1.08 bits per heavy atom. The van der Waals surface area contributed by atoms with Gasteiger partial charge < -0.3 is 15.1 Å². The summed E-state index contributed by atoms with van der Waals surface area (Å²) < 4.78 is 13.1. The van der Waals surface area contributed by atoms with Crippen LogP contribution < -0.4 is 10.2 Å². The Labute approximate surface area is 156 Å². The Morgan fingerprint density at radius 3 is 2.27 bits per heavy atom. The van der Waals surface area contributed by atoms with Crippen molar-refractivity contribution in [3.63, 3.8) is 0 Å². The van der Waals surface area contributed by atoms with Gasteiger partial charge in [-0.15, -0.1) is 0 Å². The quantitative estimate of drug-likeness (QED) is 0.869. The van der Waals surface area contributed by atoms with E-state index in [0.717, 1.165) is 57.8 Å². The van der Waals surface area contributed by atoms with Crippen molar-refractivity contribution >= 4 is 11.6 Å². The zero-order chi connectivity index (χ0) is 18.5. The van der Waals surface area contributed by atoms with Crippen LogP contribution >= 0.6 is 0 Å². The van der Waals surface area contributed by atoms with Gasteiger partial charge in [0.15, 0.2) is 0 Å². The lowest BCUT2D eigenvalue weighted by molar-refractivity contribution is -0.133. The molecule has 0 aromatic heterocycles. The van der Waals surface area contributed by atoms with Crippen LogP contribution in [0.3, 0.4) is 0 Å². The molecule has 26 heavy (non-hydrogen) atoms. The van der Waals surface area contributed by atoms with E-state index in [1.807, 2.05) is 17.0 Å². The van der Waals surface area contributed by atoms with Crippen molar-refractivity contribution in [2.75, 3.05) is 50.7 Å². The van der Waals surface area contributed by atoms with E-state index in [9.17, 15) is 9.18 Å². The molecule has 0 bridgehead atoms. The highest BCUT2D eigenvalue weighted by Crippen LogP contribution is 2.17. The smallest absolute Gasteiger partial charge is 0.236 e. The zero-order valence-electron chi connectivity index (χ0n) is 16.0. The third kappa shape index (κ3) is 5.17. The number of anilines is 1. The lowest BCUT2D eigenvalue weighted by Crippen LogP contribution is -2.52. The minimum absolute atomic E-state index is 0.213. The molecule has 0 aliphatic carbocycles. The molecule has 2 saturated heterocycles. The van der Waals surface area contributed by atoms with E-state index in [4.69, 9.17) is 0 Å². The standard InChI is InChI=1S/C20H31FN4O/c1-16(2)22-18-7-9-23(10-8-18)15-20(26)25-13-11-24(12-14-25)19-5-3-17(21)4-6-19/h3-6,16,18,22H,7-15H2,1-2H3. The van der Waals surface area contributed by atoms with Gasteiger partial charge in [0, 0.05) is 57.0 Å². The topological polar surface area (TPSA) is 38.8 Å². The van der Waals surface area contributed by atoms with E-state index in [0.29, 0.717) is 18.6 Å². The van der Waals surface area contributed by atoms with Gasteiger partial charge in [-0.25, -0.2) is 4.39 Å². The molecular formula is C20H31FN4O. The molecule has 1 N–H and O–H groups in total. The number of carbonyl (C=O) groups excluding carboxylic acids is 1. The summed E-state index contributed by atoms with van der Waals surface area (Å²) in [6, 6.07) is 7.70. The molecule has 1 aromatic carbocycles. The van der Waals surface area contributed by atoms with Gasteiger partial charge in [0.05, 0.1) is 6.54 Å². The lowest BCUT2D eigenvalue weighted by Gasteiger charge is -2.38. The van der Waals surface area contributed by atoms with Crippen LogP contribution in [0.4, 0.5) is 10.1 Å². The van der Waals surface area contributed by atoms with Gasteiger partial charge in [-0.2, -0.15) is 0 Å². The molecule has 0 atom stereocenters. The summed E-state index contributed by atoms with van der Waals surface area (Å²) in [4.78, 5) is 19.1. The Kier molecular flexibility index (Phi) is 6.48. The number of rotatable bonds is 5. The first-order chi connectivity index (χ1) is 12.5. The van der Waals surface area contributed by atoms with Crippen LogP contribution in [0.25, 0.3) is 0 Å². The van der Waals surface area contributed by atoms with Crippen molar-refractivity contribution in [2.45, 2.75) is 38.8 Å². The molecule has 5 nitrogen and oxygen atoms in total. The minimum Gasteiger partial charge on any atom is -0.368 e. The molecule has 2 aliphatic heterocycles. The summed E-state index contributed by atoms with van der Waals surface area (Å²) in [5.41, 5.74) is 1.03. The summed E-state index contributed by atoms with van der Waals surface area (Å²) in [5, 5.41) is 3.59. The highest BCUT2D eigenvalue weighted by atomic mass is 19.1. The molecule has 2 heterocycles. The third-order valence-electron chi connectivity index (χ3n) is 5.34. The molecule has 2 fully saturated rings. The number of benzene rings is 1. The first-order valence-electron chi connectivity index (χ1n) is 9.78. The van der Waals surface area contributed by atoms with E-state index in [1.54, 1.807) is 0 Å². The van der Waals surface area contributed by atoms with Gasteiger partial charge in [0.2, 0.25) is 5.91 Å². The fourth-order valence-corrected chi connectivity index (χ4v) is 3.89. The number of amides is 1. The third-order valence-corrected chi connectivity index (χ3v) is 5.34. The number of carbonyl (C=O) groups is 1. The van der Waals surface area contributed by atoms with Crippen LogP contribution in [0.2, 0.25) is 0 Å². The van der Waals surface area contributed by atoms with E-state index < -0.39 is 0 Å². The van der Waals surface area contributed by atoms with E-state index >= 15 is 0 Å². The highest BCUT2D eigenvalue weighted by Gasteiger charge is 2.25. The second-order valence-corrected chi connectivity index (χ2v) is 7.72. The lowest BCUT2D eigenvalue weighted by atomic mass is 10.0. The summed E-state index contributed by atoms with van der Waals surface area (Å²) in [6.45, 7) is 9.96. The first kappa shape index (κ1) is 19.1. The Hall–Kier alpha value is -1.66. The molecule has 6 heteroatoms. The number of halogens is 1. The van der Waals surface area contributed by atoms with E-state index in [1.165, 1.54) is 12.1 Å². The van der Waals surface area contributed by atoms with Crippen molar-refractivity contribution in [2.24, 2.45) is 0 Å². The fraction of sp³-hybridized carbons (Fsp3) is 0.650. The van der Waals surface area contributed by atoms with Crippen LogP contribution in [-0.4, -0.2) is 73.6 Å². The molecule has 0 saturated carbocycles. The first-order valence-corrected chi connectivity index (χ1v) is 9.78. The van der Waals surface area contributed by atoms with Gasteiger partial charge in [-0.3, -0.25) is 9.69 Å². The van der Waals surface area contributed by atoms with Crippen LogP contribution in [0.15, 0.2) is 24.3 Å². The maximum absolute atomic E-state index is 13.1. The van der Waals surface area contributed by atoms with Crippen molar-refractivity contribution < 1.29 is 9.18 Å². The molecule has 0 spiro atoms. The Morgan fingerprint density at radius 2 is 1.69 bits per heavy atom. The van der Waals surface area contributed by atoms with Crippen LogP contribution in [0.1, 0.15) is 26.7 Å². The summed E-state index contributed by atoms with van der Waals surface area (Å²) in [6.07, 6.45) is 2.23. The van der Waals surface area contributed by atoms with Crippen molar-refractivity contribution in [3.8, 4) is 0 Å². The van der Waals surface area contributed by atoms with Gasteiger partial charge in [-0.1, -0.05) is 13.8 Å². The Balaban J connectivity index is 1.41. The average Bonchev–Trinajstić information content (AvgIpc) is 2.64. The van der Waals surface area contributed by atoms with Gasteiger partial charge in [0.1, 0.15) is 5.82 Å². The SMILES string of the molecule is CC(C)NC1CCN(CC(=O)N2CCN(c3ccc(F)cc3)CC2)CC1. The van der Waals surface area contributed by atoms with Gasteiger partial charge in [-0.05, 0) is 37.1 Å². The van der Waals surface area contributed by atoms with E-state index in [2.05, 4.69) is 29.0 Å². The number of hydrogen-bond donors (Lipinski definition) is 1. The largest absolute Gasteiger partial charge is 0.368 e. The molecule has 0 unspecified atom stereocenters. The minimum atomic E-state index is -0.213. The van der Waals surface area contributed by atoms with Crippen LogP contribution in [-0.2, 0) is 4.79 Å². The Bertz CT molecular complexity index is 576. The molecule has 2 aliphatic rings. The summed E-state index contributed by atoms with van der Waals surface area (Å²) >= 11 is 0. The van der Waals surface area contributed by atoms with Gasteiger partial charge in [0.25, 0.3) is 0 Å². The summed E-state index contributed by atoms with van der Waals surface area (Å²) in [5.74, 6) is 0.0222. The number of nitrogens with zero attached hydrogens (tertiary/aromatic N) is 3. The zero-order valence-corrected chi connectivity index (χ0v) is 16.0. The second-order valence-electron chi connectivity index (χ2n) is 7.72. The van der Waals surface area contributed by atoms with E-state index in [-0.39, 0.29) is 11.7 Å². The maximum atomic E-state index is 13.1. The second kappa shape index (κ2) is 8.82. The van der Waals surface area contributed by atoms with Crippen LogP contribution in [0, 0.1) is 5.82 Å². The number of nitrogens with one attached hydrogen (secondary N) is 1. The van der Waals surface area contributed by atoms with Gasteiger partial charge >= 0.3 is 0 Å². The van der Waals surface area contributed by atoms with Crippen molar-refractivity contribution in [1.29, 1.82) is 0 Å². The predicted octanol–water partition coefficient (Wildman–Crippen LogP) is 1.94. The highest BCUT2D eigenvalue weighted by molar-refractivity contribution is 5.78. The molecule has 3 rings (SSSR count). The molecular weight excluding hydrogens is 331 g/mol. The number of piperazine rings is 1. The number of hydrogen-bond acceptors (Lipinski definition) is 4. The summed E-state index contributed by atoms with van der Waals surface area (Å²) in [7, 11) is 0. The van der Waals surface area contributed by atoms with Crippen molar-refractivity contribution in [3.05, 3.63) is 30.1 Å². The fourth-order valence-electron chi connectivity index (χ4n) is 3.89. The monoisotopic (exact) mass is 362 g/mol. The predicted molar refractivity (Wildman–Crippen MR) is 103 cm³/mol. The molecule has 144 valence electrons. The average molecular weight is 362 g/mol. The molecule has 1 aromatic rings. The van der Waals surface area contributed by atoms with Crippen molar-refractivity contribution in [1.82, 2.24) is 15.1 Å². The van der Waals surface area contributed by atoms with Crippen LogP contribution in [0.5, 0.6) is 0 Å². The molecule has 0 radical (unpaired) electrons. The molecule has 1 amide bonds. The number of likely N-dealkylation sites (tertiary alicyclic amines) is 1.